The van der Waals surface area contributed by atoms with Gasteiger partial charge in [0.25, 0.3) is 5.91 Å². The Kier molecular flexibility index (Phi) is 7.55. The van der Waals surface area contributed by atoms with E-state index in [1.165, 1.54) is 0 Å². The number of piperazine rings is 1. The molecular weight excluding hydrogens is 376 g/mol. The van der Waals surface area contributed by atoms with Crippen LogP contribution < -0.4 is 19.9 Å². The van der Waals surface area contributed by atoms with Crippen molar-refractivity contribution in [2.45, 2.75) is 18.3 Å². The smallest absolute Gasteiger partial charge is 0.335 e. The van der Waals surface area contributed by atoms with Crippen molar-refractivity contribution in [3.05, 3.63) is 24.3 Å². The molecule has 0 unspecified atom stereocenters. The number of aliphatic carboxylic acids is 2. The summed E-state index contributed by atoms with van der Waals surface area (Å²) in [4.78, 5) is 33.5. The van der Waals surface area contributed by atoms with E-state index in [0.29, 0.717) is 18.1 Å². The van der Waals surface area contributed by atoms with Crippen LogP contribution in [0.15, 0.2) is 24.3 Å². The van der Waals surface area contributed by atoms with E-state index in [0.717, 1.165) is 26.2 Å². The molecule has 3 atom stereocenters. The van der Waals surface area contributed by atoms with E-state index in [1.807, 2.05) is 29.2 Å². The average molecular weight is 398 g/mol. The fraction of sp³-hybridized carbons (Fsp3) is 0.471. The average Bonchev–Trinajstić information content (AvgIpc) is 2.72. The Hall–Kier alpha value is -2.89. The standard InChI is InChI=1S/C13H16N2O3.C4H6O6/c16-13(15-7-5-14-6-8-15)12-9-17-10-3-1-2-4-11(10)18-12;5-1(3(7)8)2(6)4(9)10/h1-4,12,14H,5-9H2;1-2,5-6H,(H,7,8)(H,9,10)/t12-;1-,2-/m00/s1. The minimum atomic E-state index is -2.38. The number of para-hydroxylation sites is 2. The second-order valence-electron chi connectivity index (χ2n) is 6.10. The van der Waals surface area contributed by atoms with E-state index in [9.17, 15) is 19.5 Å². The van der Waals surface area contributed by atoms with Crippen molar-refractivity contribution in [1.82, 2.24) is 4.90 Å². The lowest BCUT2D eigenvalue weighted by Gasteiger charge is -2.31. The number of quaternary nitrogens is 1. The van der Waals surface area contributed by atoms with Crippen LogP contribution in [0.25, 0.3) is 0 Å². The highest BCUT2D eigenvalue weighted by Gasteiger charge is 2.32. The van der Waals surface area contributed by atoms with Gasteiger partial charge in [0, 0.05) is 0 Å². The summed E-state index contributed by atoms with van der Waals surface area (Å²) in [7, 11) is 0. The molecule has 11 heteroatoms. The molecule has 2 aliphatic heterocycles. The van der Waals surface area contributed by atoms with Crippen LogP contribution in [-0.4, -0.2) is 89.2 Å². The highest BCUT2D eigenvalue weighted by atomic mass is 16.6. The molecule has 1 aromatic carbocycles. The van der Waals surface area contributed by atoms with Gasteiger partial charge in [0.2, 0.25) is 6.10 Å². The zero-order valence-electron chi connectivity index (χ0n) is 14.9. The molecule has 2 heterocycles. The summed E-state index contributed by atoms with van der Waals surface area (Å²) in [6.07, 6.45) is -5.21. The van der Waals surface area contributed by atoms with E-state index in [-0.39, 0.29) is 5.91 Å². The van der Waals surface area contributed by atoms with Crippen LogP contribution in [0.1, 0.15) is 0 Å². The highest BCUT2D eigenvalue weighted by molar-refractivity contribution is 5.82. The van der Waals surface area contributed by atoms with Crippen LogP contribution in [0.2, 0.25) is 0 Å². The van der Waals surface area contributed by atoms with Gasteiger partial charge in [-0.1, -0.05) is 12.1 Å². The Morgan fingerprint density at radius 1 is 1.11 bits per heavy atom. The molecule has 1 fully saturated rings. The fourth-order valence-corrected chi connectivity index (χ4v) is 2.58. The minimum absolute atomic E-state index is 0.0394. The quantitative estimate of drug-likeness (QED) is 0.392. The van der Waals surface area contributed by atoms with Crippen molar-refractivity contribution in [3.8, 4) is 11.5 Å². The van der Waals surface area contributed by atoms with Gasteiger partial charge in [0.15, 0.2) is 17.6 Å². The van der Waals surface area contributed by atoms with Crippen LogP contribution in [-0.2, 0) is 14.4 Å². The summed E-state index contributed by atoms with van der Waals surface area (Å²) in [6.45, 7) is 3.82. The second kappa shape index (κ2) is 9.88. The normalized spacial score (nSPS) is 20.2. The first-order chi connectivity index (χ1) is 13.3. The number of aliphatic hydroxyl groups excluding tert-OH is 2. The maximum atomic E-state index is 12.3. The summed E-state index contributed by atoms with van der Waals surface area (Å²) in [5.41, 5.74) is 0. The van der Waals surface area contributed by atoms with Gasteiger partial charge in [-0.2, -0.15) is 0 Å². The lowest BCUT2D eigenvalue weighted by molar-refractivity contribution is -0.662. The number of rotatable bonds is 4. The number of nitrogens with zero attached hydrogens (tertiary/aromatic N) is 1. The molecule has 3 rings (SSSR count). The lowest BCUT2D eigenvalue weighted by Crippen LogP contribution is -2.90. The zero-order valence-corrected chi connectivity index (χ0v) is 14.9. The SMILES string of the molecule is O=C([C@@H]1COc2ccccc2O1)N1CC[NH2+]CC1.O=C([O-])[C@@H](O)[C@H](O)C(=O)O. The van der Waals surface area contributed by atoms with Crippen LogP contribution in [0.4, 0.5) is 0 Å². The Balaban J connectivity index is 0.000000242. The van der Waals surface area contributed by atoms with Crippen LogP contribution in [0.3, 0.4) is 0 Å². The van der Waals surface area contributed by atoms with Crippen molar-refractivity contribution in [3.63, 3.8) is 0 Å². The molecule has 0 bridgehead atoms. The number of carboxylic acid groups (broad SMARTS) is 2. The summed E-state index contributed by atoms with van der Waals surface area (Å²) in [5, 5.41) is 36.3. The van der Waals surface area contributed by atoms with E-state index < -0.39 is 30.3 Å². The molecule has 1 saturated heterocycles. The summed E-state index contributed by atoms with van der Waals surface area (Å²) < 4.78 is 11.3. The molecule has 154 valence electrons. The number of hydrogen-bond acceptors (Lipinski definition) is 8. The number of aliphatic hydroxyl groups is 2. The third kappa shape index (κ3) is 5.55. The highest BCUT2D eigenvalue weighted by Crippen LogP contribution is 2.31. The number of carbonyl (C=O) groups is 3. The predicted octanol–water partition coefficient (Wildman–Crippen LogP) is -4.23. The van der Waals surface area contributed by atoms with Gasteiger partial charge in [-0.3, -0.25) is 4.79 Å². The van der Waals surface area contributed by atoms with E-state index in [4.69, 9.17) is 24.8 Å². The number of nitrogens with two attached hydrogens (primary N) is 1. The van der Waals surface area contributed by atoms with Crippen molar-refractivity contribution in [2.24, 2.45) is 0 Å². The molecule has 1 aromatic rings. The molecule has 1 amide bonds. The van der Waals surface area contributed by atoms with Crippen molar-refractivity contribution in [2.75, 3.05) is 32.8 Å². The molecule has 28 heavy (non-hydrogen) atoms. The van der Waals surface area contributed by atoms with Crippen molar-refractivity contribution < 1.29 is 49.6 Å². The van der Waals surface area contributed by atoms with Crippen molar-refractivity contribution >= 4 is 17.8 Å². The number of ether oxygens (including phenoxy) is 2. The van der Waals surface area contributed by atoms with Gasteiger partial charge >= 0.3 is 5.97 Å². The topological polar surface area (TPSA) is 173 Å². The summed E-state index contributed by atoms with van der Waals surface area (Å²) in [6, 6.07) is 7.46. The van der Waals surface area contributed by atoms with Crippen LogP contribution in [0, 0.1) is 0 Å². The Morgan fingerprint density at radius 2 is 1.71 bits per heavy atom. The molecular formula is C17H22N2O9. The molecule has 2 aliphatic rings. The minimum Gasteiger partial charge on any atom is -0.547 e. The maximum Gasteiger partial charge on any atom is 0.335 e. The number of carbonyl (C=O) groups excluding carboxylic acids is 2. The Bertz CT molecular complexity index is 688. The first-order valence-corrected chi connectivity index (χ1v) is 8.60. The van der Waals surface area contributed by atoms with Gasteiger partial charge < -0.3 is 44.9 Å². The molecule has 0 spiro atoms. The van der Waals surface area contributed by atoms with E-state index in [1.54, 1.807) is 0 Å². The van der Waals surface area contributed by atoms with E-state index in [2.05, 4.69) is 5.32 Å². The molecule has 0 aliphatic carbocycles. The largest absolute Gasteiger partial charge is 0.547 e. The van der Waals surface area contributed by atoms with Gasteiger partial charge in [0.1, 0.15) is 12.7 Å². The van der Waals surface area contributed by atoms with Crippen LogP contribution >= 0.6 is 0 Å². The van der Waals surface area contributed by atoms with Gasteiger partial charge in [-0.25, -0.2) is 4.79 Å². The molecule has 0 aromatic heterocycles. The molecule has 0 saturated carbocycles. The van der Waals surface area contributed by atoms with Crippen molar-refractivity contribution in [1.29, 1.82) is 0 Å². The number of amides is 1. The number of carboxylic acids is 2. The monoisotopic (exact) mass is 398 g/mol. The van der Waals surface area contributed by atoms with E-state index >= 15 is 0 Å². The van der Waals surface area contributed by atoms with Crippen LogP contribution in [0.5, 0.6) is 11.5 Å². The second-order valence-corrected chi connectivity index (χ2v) is 6.10. The number of benzene rings is 1. The van der Waals surface area contributed by atoms with Gasteiger partial charge in [-0.05, 0) is 12.1 Å². The zero-order chi connectivity index (χ0) is 20.7. The molecule has 0 radical (unpaired) electrons. The first-order valence-electron chi connectivity index (χ1n) is 8.60. The summed E-state index contributed by atoms with van der Waals surface area (Å²) in [5.74, 6) is -2.41. The number of fused-ring (bicyclic) bond motifs is 1. The maximum absolute atomic E-state index is 12.3. The summed E-state index contributed by atoms with van der Waals surface area (Å²) >= 11 is 0. The number of hydrogen-bond donors (Lipinski definition) is 4. The third-order valence-electron chi connectivity index (χ3n) is 4.10. The third-order valence-corrected chi connectivity index (χ3v) is 4.10. The first kappa shape index (κ1) is 21.4. The lowest BCUT2D eigenvalue weighted by atomic mass is 10.2. The Morgan fingerprint density at radius 3 is 2.25 bits per heavy atom. The molecule has 11 nitrogen and oxygen atoms in total. The Labute approximate surface area is 160 Å². The fourth-order valence-electron chi connectivity index (χ4n) is 2.58. The predicted molar refractivity (Wildman–Crippen MR) is 89.2 cm³/mol. The van der Waals surface area contributed by atoms with Gasteiger partial charge in [0.05, 0.1) is 32.1 Å². The molecule has 5 N–H and O–H groups in total. The van der Waals surface area contributed by atoms with Gasteiger partial charge in [-0.15, -0.1) is 0 Å².